The molecule has 2 aromatic carbocycles. The van der Waals surface area contributed by atoms with Crippen molar-refractivity contribution in [3.8, 4) is 5.69 Å². The van der Waals surface area contributed by atoms with Gasteiger partial charge >= 0.3 is 5.97 Å². The third kappa shape index (κ3) is 3.86. The molecule has 0 amide bonds. The molecule has 0 spiro atoms. The second-order valence-corrected chi connectivity index (χ2v) is 5.42. The number of benzene rings is 2. The Hall–Kier alpha value is -2.88. The minimum Gasteiger partial charge on any atom is -0.459 e. The standard InChI is InChI=1S/C19H18N2O2/c1-15(13-16-5-3-2-4-6-16)23-19(22)17-7-9-18(10-8-17)21-12-11-20-14-21/h2-12,14-15H,13H2,1H3/t15-/m1/s1. The molecule has 0 saturated heterocycles. The van der Waals surface area contributed by atoms with E-state index in [-0.39, 0.29) is 12.1 Å². The van der Waals surface area contributed by atoms with E-state index in [1.807, 2.05) is 60.2 Å². The molecule has 116 valence electrons. The maximum atomic E-state index is 12.2. The van der Waals surface area contributed by atoms with E-state index in [1.165, 1.54) is 0 Å². The first kappa shape index (κ1) is 15.0. The van der Waals surface area contributed by atoms with Gasteiger partial charge in [-0.3, -0.25) is 0 Å². The van der Waals surface area contributed by atoms with Gasteiger partial charge in [0.1, 0.15) is 6.10 Å². The van der Waals surface area contributed by atoms with Gasteiger partial charge in [0.2, 0.25) is 0 Å². The molecule has 4 heteroatoms. The second kappa shape index (κ2) is 6.92. The molecule has 1 heterocycles. The number of hydrogen-bond donors (Lipinski definition) is 0. The maximum Gasteiger partial charge on any atom is 0.338 e. The van der Waals surface area contributed by atoms with Crippen LogP contribution >= 0.6 is 0 Å². The van der Waals surface area contributed by atoms with Gasteiger partial charge in [-0.2, -0.15) is 0 Å². The van der Waals surface area contributed by atoms with Crippen molar-refractivity contribution in [2.75, 3.05) is 0 Å². The molecule has 0 radical (unpaired) electrons. The lowest BCUT2D eigenvalue weighted by Crippen LogP contribution is -2.17. The second-order valence-electron chi connectivity index (χ2n) is 5.42. The van der Waals surface area contributed by atoms with Crippen LogP contribution in [0.1, 0.15) is 22.8 Å². The molecule has 23 heavy (non-hydrogen) atoms. The Morgan fingerprint density at radius 3 is 2.52 bits per heavy atom. The van der Waals surface area contributed by atoms with Crippen LogP contribution in [0, 0.1) is 0 Å². The summed E-state index contributed by atoms with van der Waals surface area (Å²) in [5.74, 6) is -0.300. The Morgan fingerprint density at radius 1 is 1.13 bits per heavy atom. The number of hydrogen-bond acceptors (Lipinski definition) is 3. The zero-order valence-electron chi connectivity index (χ0n) is 12.9. The van der Waals surface area contributed by atoms with Crippen LogP contribution in [-0.2, 0) is 11.2 Å². The summed E-state index contributed by atoms with van der Waals surface area (Å²) in [7, 11) is 0. The van der Waals surface area contributed by atoms with E-state index < -0.39 is 0 Å². The van der Waals surface area contributed by atoms with Gasteiger partial charge in [0.25, 0.3) is 0 Å². The Balaban J connectivity index is 1.61. The zero-order chi connectivity index (χ0) is 16.1. The van der Waals surface area contributed by atoms with Gasteiger partial charge in [-0.15, -0.1) is 0 Å². The number of nitrogens with zero attached hydrogens (tertiary/aromatic N) is 2. The highest BCUT2D eigenvalue weighted by molar-refractivity contribution is 5.89. The fourth-order valence-corrected chi connectivity index (χ4v) is 2.42. The number of carbonyl (C=O) groups excluding carboxylic acids is 1. The van der Waals surface area contributed by atoms with Crippen LogP contribution in [0.15, 0.2) is 73.3 Å². The highest BCUT2D eigenvalue weighted by atomic mass is 16.5. The Morgan fingerprint density at radius 2 is 1.87 bits per heavy atom. The third-order valence-electron chi connectivity index (χ3n) is 3.58. The van der Waals surface area contributed by atoms with Gasteiger partial charge in [-0.05, 0) is 36.8 Å². The summed E-state index contributed by atoms with van der Waals surface area (Å²) in [6.07, 6.45) is 5.83. The Bertz CT molecular complexity index is 750. The Labute approximate surface area is 135 Å². The van der Waals surface area contributed by atoms with Crippen LogP contribution in [0.5, 0.6) is 0 Å². The molecular formula is C19H18N2O2. The number of aromatic nitrogens is 2. The fourth-order valence-electron chi connectivity index (χ4n) is 2.42. The molecule has 3 rings (SSSR count). The smallest absolute Gasteiger partial charge is 0.338 e. The summed E-state index contributed by atoms with van der Waals surface area (Å²) < 4.78 is 7.39. The quantitative estimate of drug-likeness (QED) is 0.676. The van der Waals surface area contributed by atoms with Crippen LogP contribution < -0.4 is 0 Å². The normalized spacial score (nSPS) is 11.9. The van der Waals surface area contributed by atoms with E-state index in [0.717, 1.165) is 11.3 Å². The van der Waals surface area contributed by atoms with Gasteiger partial charge in [-0.25, -0.2) is 9.78 Å². The molecule has 0 bridgehead atoms. The molecule has 0 fully saturated rings. The van der Waals surface area contributed by atoms with E-state index in [0.29, 0.717) is 12.0 Å². The average molecular weight is 306 g/mol. The molecular weight excluding hydrogens is 288 g/mol. The summed E-state index contributed by atoms with van der Waals surface area (Å²) >= 11 is 0. The van der Waals surface area contributed by atoms with Crippen LogP contribution in [0.2, 0.25) is 0 Å². The number of rotatable bonds is 5. The number of carbonyl (C=O) groups is 1. The fraction of sp³-hybridized carbons (Fsp3) is 0.158. The molecule has 0 aliphatic rings. The van der Waals surface area contributed by atoms with Crippen LogP contribution in [0.3, 0.4) is 0 Å². The van der Waals surface area contributed by atoms with E-state index in [2.05, 4.69) is 4.98 Å². The average Bonchev–Trinajstić information content (AvgIpc) is 3.10. The zero-order valence-corrected chi connectivity index (χ0v) is 12.9. The van der Waals surface area contributed by atoms with Gasteiger partial charge in [-0.1, -0.05) is 30.3 Å². The van der Waals surface area contributed by atoms with Crippen molar-refractivity contribution in [2.24, 2.45) is 0 Å². The van der Waals surface area contributed by atoms with Crippen molar-refractivity contribution in [2.45, 2.75) is 19.4 Å². The van der Waals surface area contributed by atoms with E-state index in [4.69, 9.17) is 4.74 Å². The Kier molecular flexibility index (Phi) is 4.52. The van der Waals surface area contributed by atoms with Gasteiger partial charge in [0.15, 0.2) is 0 Å². The van der Waals surface area contributed by atoms with E-state index in [9.17, 15) is 4.79 Å². The molecule has 3 aromatic rings. The lowest BCUT2D eigenvalue weighted by molar-refractivity contribution is 0.0343. The number of ether oxygens (including phenoxy) is 1. The molecule has 1 aromatic heterocycles. The van der Waals surface area contributed by atoms with Crippen molar-refractivity contribution < 1.29 is 9.53 Å². The molecule has 0 unspecified atom stereocenters. The molecule has 0 saturated carbocycles. The van der Waals surface area contributed by atoms with Crippen LogP contribution in [0.25, 0.3) is 5.69 Å². The maximum absolute atomic E-state index is 12.2. The van der Waals surface area contributed by atoms with Crippen molar-refractivity contribution in [1.29, 1.82) is 0 Å². The summed E-state index contributed by atoms with van der Waals surface area (Å²) in [6, 6.07) is 17.3. The largest absolute Gasteiger partial charge is 0.459 e. The molecule has 1 atom stereocenters. The molecule has 4 nitrogen and oxygen atoms in total. The monoisotopic (exact) mass is 306 g/mol. The predicted molar refractivity (Wildman–Crippen MR) is 88.6 cm³/mol. The summed E-state index contributed by atoms with van der Waals surface area (Å²) in [5, 5.41) is 0. The van der Waals surface area contributed by atoms with Gasteiger partial charge in [0.05, 0.1) is 11.9 Å². The summed E-state index contributed by atoms with van der Waals surface area (Å²) in [4.78, 5) is 16.2. The van der Waals surface area contributed by atoms with E-state index >= 15 is 0 Å². The van der Waals surface area contributed by atoms with Crippen molar-refractivity contribution in [1.82, 2.24) is 9.55 Å². The van der Waals surface area contributed by atoms with E-state index in [1.54, 1.807) is 24.7 Å². The van der Waals surface area contributed by atoms with Crippen molar-refractivity contribution in [3.63, 3.8) is 0 Å². The lowest BCUT2D eigenvalue weighted by atomic mass is 10.1. The van der Waals surface area contributed by atoms with Crippen molar-refractivity contribution >= 4 is 5.97 Å². The SMILES string of the molecule is C[C@H](Cc1ccccc1)OC(=O)c1ccc(-n2ccnc2)cc1. The molecule has 0 N–H and O–H groups in total. The van der Waals surface area contributed by atoms with Crippen molar-refractivity contribution in [3.05, 3.63) is 84.4 Å². The highest BCUT2D eigenvalue weighted by Crippen LogP contribution is 2.12. The highest BCUT2D eigenvalue weighted by Gasteiger charge is 2.12. The number of imidazole rings is 1. The first-order chi connectivity index (χ1) is 11.2. The van der Waals surface area contributed by atoms with Crippen LogP contribution in [-0.4, -0.2) is 21.6 Å². The predicted octanol–water partition coefficient (Wildman–Crippen LogP) is 3.66. The first-order valence-corrected chi connectivity index (χ1v) is 7.55. The molecule has 0 aliphatic carbocycles. The minimum absolute atomic E-state index is 0.168. The van der Waals surface area contributed by atoms with Crippen LogP contribution in [0.4, 0.5) is 0 Å². The van der Waals surface area contributed by atoms with Gasteiger partial charge in [0, 0.05) is 24.5 Å². The first-order valence-electron chi connectivity index (χ1n) is 7.55. The third-order valence-corrected chi connectivity index (χ3v) is 3.58. The summed E-state index contributed by atoms with van der Waals surface area (Å²) in [5.41, 5.74) is 2.66. The summed E-state index contributed by atoms with van der Waals surface area (Å²) in [6.45, 7) is 1.91. The topological polar surface area (TPSA) is 44.1 Å². The molecule has 0 aliphatic heterocycles. The lowest BCUT2D eigenvalue weighted by Gasteiger charge is -2.13. The minimum atomic E-state index is -0.300. The number of esters is 1. The van der Waals surface area contributed by atoms with Gasteiger partial charge < -0.3 is 9.30 Å².